The molecule has 0 atom stereocenters. The van der Waals surface area contributed by atoms with Gasteiger partial charge in [-0.2, -0.15) is 0 Å². The Morgan fingerprint density at radius 3 is 1.64 bits per heavy atom. The van der Waals surface area contributed by atoms with E-state index >= 15 is 0 Å². The number of amides is 1. The van der Waals surface area contributed by atoms with Crippen molar-refractivity contribution in [1.29, 1.82) is 0 Å². The minimum atomic E-state index is -0.571. The number of aromatic nitrogens is 2. The summed E-state index contributed by atoms with van der Waals surface area (Å²) in [6, 6.07) is 42.8. The molecule has 2 aliphatic rings. The Bertz CT molecular complexity index is 2390. The number of hydrogen-bond acceptors (Lipinski definition) is 9. The second kappa shape index (κ2) is 17.0. The van der Waals surface area contributed by atoms with E-state index in [-0.39, 0.29) is 11.5 Å². The molecule has 2 aliphatic carbocycles. The third kappa shape index (κ3) is 9.69. The Morgan fingerprint density at radius 2 is 1.17 bits per heavy atom. The lowest BCUT2D eigenvalue weighted by molar-refractivity contribution is -0.384. The van der Waals surface area contributed by atoms with Crippen LogP contribution >= 0.6 is 0 Å². The Hall–Kier alpha value is -6.75. The molecule has 11 heteroatoms. The van der Waals surface area contributed by atoms with Crippen molar-refractivity contribution >= 4 is 40.5 Å². The first kappa shape index (κ1) is 40.4. The van der Waals surface area contributed by atoms with E-state index < -0.39 is 22.2 Å². The fourth-order valence-corrected chi connectivity index (χ4v) is 7.41. The van der Waals surface area contributed by atoms with E-state index in [1.165, 1.54) is 30.9 Å². The Balaban J connectivity index is 0.000000187. The molecule has 302 valence electrons. The average molecular weight is 790 g/mol. The summed E-state index contributed by atoms with van der Waals surface area (Å²) in [6.07, 6.45) is 6.13. The molecule has 2 aromatic heterocycles. The highest BCUT2D eigenvalue weighted by atomic mass is 16.6. The van der Waals surface area contributed by atoms with Gasteiger partial charge in [0, 0.05) is 28.6 Å². The summed E-state index contributed by atoms with van der Waals surface area (Å²) in [5, 5.41) is 21.1. The van der Waals surface area contributed by atoms with Crippen molar-refractivity contribution in [3.05, 3.63) is 155 Å². The van der Waals surface area contributed by atoms with E-state index in [1.807, 2.05) is 106 Å². The zero-order valence-corrected chi connectivity index (χ0v) is 34.0. The third-order valence-corrected chi connectivity index (χ3v) is 11.1. The maximum absolute atomic E-state index is 12.4. The SMILES string of the molecule is CC(C)(C)OC(=O)NC1(c2ccc(Nc3nc(-c4ccccc4)ccc3[N+](=O)[O-])cc2)CCC1.CC1(c2ccc(Nc3nc(-c4ccccc4)ccc3N)cc2)CCC1. The van der Waals surface area contributed by atoms with Crippen LogP contribution in [0.15, 0.2) is 133 Å². The number of carbonyl (C=O) groups is 1. The van der Waals surface area contributed by atoms with Crippen LogP contribution in [0.4, 0.5) is 39.2 Å². The number of pyridine rings is 2. The van der Waals surface area contributed by atoms with Crippen molar-refractivity contribution in [3.63, 3.8) is 0 Å². The highest BCUT2D eigenvalue weighted by Crippen LogP contribution is 2.44. The second-order valence-corrected chi connectivity index (χ2v) is 16.6. The number of hydrogen-bond donors (Lipinski definition) is 4. The van der Waals surface area contributed by atoms with Crippen molar-refractivity contribution in [2.45, 2.75) is 82.8 Å². The van der Waals surface area contributed by atoms with E-state index in [9.17, 15) is 14.9 Å². The van der Waals surface area contributed by atoms with Crippen LogP contribution in [0.2, 0.25) is 0 Å². The lowest BCUT2D eigenvalue weighted by atomic mass is 9.66. The molecule has 2 fully saturated rings. The van der Waals surface area contributed by atoms with Crippen molar-refractivity contribution in [2.24, 2.45) is 0 Å². The fourth-order valence-electron chi connectivity index (χ4n) is 7.41. The zero-order valence-electron chi connectivity index (χ0n) is 34.0. The maximum atomic E-state index is 12.4. The van der Waals surface area contributed by atoms with Crippen LogP contribution in [0.1, 0.15) is 77.3 Å². The summed E-state index contributed by atoms with van der Waals surface area (Å²) in [5.74, 6) is 0.869. The number of benzene rings is 4. The number of nitrogens with two attached hydrogens (primary N) is 1. The van der Waals surface area contributed by atoms with Crippen molar-refractivity contribution in [1.82, 2.24) is 15.3 Å². The molecule has 6 aromatic rings. The molecule has 8 rings (SSSR count). The van der Waals surface area contributed by atoms with Crippen LogP contribution in [0, 0.1) is 10.1 Å². The monoisotopic (exact) mass is 789 g/mol. The average Bonchev–Trinajstić information content (AvgIpc) is 3.20. The van der Waals surface area contributed by atoms with E-state index in [4.69, 9.17) is 15.5 Å². The molecule has 1 amide bonds. The van der Waals surface area contributed by atoms with Crippen LogP contribution in [0.5, 0.6) is 0 Å². The maximum Gasteiger partial charge on any atom is 0.408 e. The summed E-state index contributed by atoms with van der Waals surface area (Å²) in [5.41, 5.74) is 13.6. The molecule has 11 nitrogen and oxygen atoms in total. The molecule has 0 spiro atoms. The fraction of sp³-hybridized carbons (Fsp3) is 0.271. The summed E-state index contributed by atoms with van der Waals surface area (Å²) in [4.78, 5) is 32.7. The minimum Gasteiger partial charge on any atom is -0.444 e. The highest BCUT2D eigenvalue weighted by Gasteiger charge is 2.41. The Kier molecular flexibility index (Phi) is 11.7. The first-order valence-corrected chi connectivity index (χ1v) is 20.1. The number of anilines is 5. The van der Waals surface area contributed by atoms with Gasteiger partial charge in [-0.15, -0.1) is 0 Å². The van der Waals surface area contributed by atoms with Gasteiger partial charge in [-0.1, -0.05) is 98.3 Å². The molecule has 0 saturated heterocycles. The molecule has 0 unspecified atom stereocenters. The molecular weight excluding hydrogens is 739 g/mol. The largest absolute Gasteiger partial charge is 0.444 e. The van der Waals surface area contributed by atoms with Gasteiger partial charge < -0.3 is 26.4 Å². The lowest BCUT2D eigenvalue weighted by Crippen LogP contribution is -2.52. The molecule has 0 bridgehead atoms. The van der Waals surface area contributed by atoms with E-state index in [0.29, 0.717) is 28.3 Å². The van der Waals surface area contributed by atoms with Gasteiger partial charge >= 0.3 is 11.8 Å². The molecule has 5 N–H and O–H groups in total. The van der Waals surface area contributed by atoms with Crippen LogP contribution in [-0.4, -0.2) is 26.6 Å². The number of nitrogens with zero attached hydrogens (tertiary/aromatic N) is 3. The topological polar surface area (TPSA) is 157 Å². The first-order valence-electron chi connectivity index (χ1n) is 20.1. The Morgan fingerprint density at radius 1 is 0.678 bits per heavy atom. The van der Waals surface area contributed by atoms with Gasteiger partial charge in [0.2, 0.25) is 5.82 Å². The van der Waals surface area contributed by atoms with Gasteiger partial charge in [0.05, 0.1) is 27.5 Å². The van der Waals surface area contributed by atoms with Crippen molar-refractivity contribution in [3.8, 4) is 22.5 Å². The standard InChI is InChI=1S/C26H28N4O4.C22H23N3/c1-25(2,3)34-24(31)29-26(16-7-17-26)19-10-12-20(13-11-19)27-23-22(30(32)33)15-14-21(28-23)18-8-5-4-6-9-18;1-22(14-5-15-22)17-8-10-18(11-9-17)24-21-19(23)12-13-20(25-21)16-6-3-2-4-7-16/h4-6,8-15H,7,16-17H2,1-3H3,(H,27,28)(H,29,31);2-4,6-13H,5,14-15,23H2,1H3,(H,24,25). The van der Waals surface area contributed by atoms with E-state index in [0.717, 1.165) is 47.3 Å². The van der Waals surface area contributed by atoms with Gasteiger partial charge in [-0.3, -0.25) is 10.1 Å². The number of alkyl carbamates (subject to hydrolysis) is 1. The number of ether oxygens (including phenoxy) is 1. The van der Waals surface area contributed by atoms with Crippen LogP contribution < -0.4 is 21.7 Å². The predicted molar refractivity (Wildman–Crippen MR) is 236 cm³/mol. The quantitative estimate of drug-likeness (QED) is 0.0783. The molecular formula is C48H51N7O4. The number of nitro groups is 1. The number of nitrogen functional groups attached to an aromatic ring is 1. The first-order chi connectivity index (χ1) is 28.3. The zero-order chi connectivity index (χ0) is 41.6. The number of nitrogens with one attached hydrogen (secondary N) is 3. The molecule has 2 heterocycles. The van der Waals surface area contributed by atoms with Crippen LogP contribution in [0.25, 0.3) is 22.5 Å². The van der Waals surface area contributed by atoms with Crippen molar-refractivity contribution < 1.29 is 14.5 Å². The van der Waals surface area contributed by atoms with Gasteiger partial charge in [0.1, 0.15) is 5.60 Å². The number of carbonyl (C=O) groups excluding carboxylic acids is 1. The van der Waals surface area contributed by atoms with Crippen molar-refractivity contribution in [2.75, 3.05) is 16.4 Å². The minimum absolute atomic E-state index is 0.106. The Labute approximate surface area is 345 Å². The second-order valence-electron chi connectivity index (χ2n) is 16.6. The van der Waals surface area contributed by atoms with Gasteiger partial charge in [-0.05, 0) is 112 Å². The van der Waals surface area contributed by atoms with Crippen LogP contribution in [-0.2, 0) is 15.7 Å². The summed E-state index contributed by atoms with van der Waals surface area (Å²) in [6.45, 7) is 7.85. The molecule has 4 aromatic carbocycles. The smallest absolute Gasteiger partial charge is 0.408 e. The molecule has 0 radical (unpaired) electrons. The molecule has 0 aliphatic heterocycles. The lowest BCUT2D eigenvalue weighted by Gasteiger charge is -2.43. The summed E-state index contributed by atoms with van der Waals surface area (Å²) < 4.78 is 5.44. The highest BCUT2D eigenvalue weighted by molar-refractivity contribution is 5.74. The molecule has 59 heavy (non-hydrogen) atoms. The predicted octanol–water partition coefficient (Wildman–Crippen LogP) is 11.8. The van der Waals surface area contributed by atoms with Crippen LogP contribution in [0.3, 0.4) is 0 Å². The third-order valence-electron chi connectivity index (χ3n) is 11.1. The van der Waals surface area contributed by atoms with E-state index in [1.54, 1.807) is 6.07 Å². The van der Waals surface area contributed by atoms with Gasteiger partial charge in [-0.25, -0.2) is 14.8 Å². The van der Waals surface area contributed by atoms with Gasteiger partial charge in [0.15, 0.2) is 5.82 Å². The molecule has 2 saturated carbocycles. The van der Waals surface area contributed by atoms with Gasteiger partial charge in [0.25, 0.3) is 0 Å². The summed E-state index contributed by atoms with van der Waals surface area (Å²) in [7, 11) is 0. The number of rotatable bonds is 10. The van der Waals surface area contributed by atoms with E-state index in [2.05, 4.69) is 64.3 Å². The normalized spacial score (nSPS) is 14.9. The summed E-state index contributed by atoms with van der Waals surface area (Å²) >= 11 is 0.